The fourth-order valence-corrected chi connectivity index (χ4v) is 1.51. The van der Waals surface area contributed by atoms with E-state index in [1.807, 2.05) is 0 Å². The van der Waals surface area contributed by atoms with Gasteiger partial charge in [-0.2, -0.15) is 25.3 Å². The minimum absolute atomic E-state index is 0.173. The second-order valence-corrected chi connectivity index (χ2v) is 3.84. The van der Waals surface area contributed by atoms with Gasteiger partial charge in [0.1, 0.15) is 0 Å². The Morgan fingerprint density at radius 2 is 1.83 bits per heavy atom. The molecule has 0 saturated heterocycles. The first-order valence-corrected chi connectivity index (χ1v) is 4.71. The van der Waals surface area contributed by atoms with Gasteiger partial charge in [-0.05, 0) is 20.8 Å². The molecule has 0 N–H and O–H groups in total. The summed E-state index contributed by atoms with van der Waals surface area (Å²) in [6.07, 6.45) is 1.46. The molecule has 2 unspecified atom stereocenters. The highest BCUT2D eigenvalue weighted by Gasteiger charge is 2.19. The third kappa shape index (κ3) is 3.49. The van der Waals surface area contributed by atoms with Crippen LogP contribution in [0.15, 0.2) is 4.99 Å². The van der Waals surface area contributed by atoms with Gasteiger partial charge in [0, 0.05) is 6.21 Å². The Balaban J connectivity index is 4.40. The lowest BCUT2D eigenvalue weighted by atomic mass is 10.5. The van der Waals surface area contributed by atoms with Gasteiger partial charge >= 0.3 is 6.03 Å². The molecule has 0 aliphatic heterocycles. The van der Waals surface area contributed by atoms with Crippen LogP contribution in [0.1, 0.15) is 20.8 Å². The maximum atomic E-state index is 11.3. The van der Waals surface area contributed by atoms with Crippen molar-refractivity contribution in [1.29, 1.82) is 0 Å². The van der Waals surface area contributed by atoms with Crippen molar-refractivity contribution in [2.24, 2.45) is 4.99 Å². The second-order valence-electron chi connectivity index (χ2n) is 2.34. The fraction of sp³-hybridized carbons (Fsp3) is 0.714. The lowest BCUT2D eigenvalue weighted by Gasteiger charge is -2.26. The summed E-state index contributed by atoms with van der Waals surface area (Å²) in [6.45, 7) is 5.31. The number of hydrogen-bond donors (Lipinski definition) is 2. The maximum Gasteiger partial charge on any atom is 0.344 e. The van der Waals surface area contributed by atoms with Crippen LogP contribution in [-0.4, -0.2) is 27.9 Å². The molecule has 0 saturated carbocycles. The number of aliphatic imine (C=N–C) groups is 1. The van der Waals surface area contributed by atoms with Crippen molar-refractivity contribution in [2.45, 2.75) is 31.5 Å². The Morgan fingerprint density at radius 3 is 2.08 bits per heavy atom. The summed E-state index contributed by atoms with van der Waals surface area (Å²) in [5.74, 6) is 0. The minimum Gasteiger partial charge on any atom is -0.300 e. The van der Waals surface area contributed by atoms with Crippen LogP contribution in [0.4, 0.5) is 4.79 Å². The molecule has 5 heteroatoms. The van der Waals surface area contributed by atoms with Crippen LogP contribution in [-0.2, 0) is 0 Å². The Hall–Kier alpha value is -0.160. The monoisotopic (exact) mass is 206 g/mol. The van der Waals surface area contributed by atoms with E-state index in [9.17, 15) is 4.79 Å². The first-order chi connectivity index (χ1) is 5.50. The van der Waals surface area contributed by atoms with E-state index in [-0.39, 0.29) is 16.8 Å². The highest BCUT2D eigenvalue weighted by Crippen LogP contribution is 2.12. The van der Waals surface area contributed by atoms with Crippen LogP contribution in [0.3, 0.4) is 0 Å². The fourth-order valence-electron chi connectivity index (χ4n) is 0.809. The van der Waals surface area contributed by atoms with Gasteiger partial charge in [0.2, 0.25) is 0 Å². The largest absolute Gasteiger partial charge is 0.344 e. The van der Waals surface area contributed by atoms with E-state index in [0.29, 0.717) is 0 Å². The Labute approximate surface area is 84.1 Å². The van der Waals surface area contributed by atoms with Crippen molar-refractivity contribution in [3.8, 4) is 0 Å². The highest BCUT2D eigenvalue weighted by atomic mass is 32.1. The molecule has 70 valence electrons. The van der Waals surface area contributed by atoms with Gasteiger partial charge in [0.25, 0.3) is 0 Å². The van der Waals surface area contributed by atoms with E-state index in [1.165, 1.54) is 11.1 Å². The molecule has 2 atom stereocenters. The molecule has 0 aromatic carbocycles. The SMILES string of the molecule is CC=NC(=O)N(C(C)S)C(C)S. The van der Waals surface area contributed by atoms with Gasteiger partial charge < -0.3 is 4.90 Å². The zero-order valence-corrected chi connectivity index (χ0v) is 9.22. The molecule has 0 fully saturated rings. The molecule has 0 aliphatic carbocycles. The van der Waals surface area contributed by atoms with Crippen LogP contribution < -0.4 is 0 Å². The van der Waals surface area contributed by atoms with Crippen molar-refractivity contribution in [2.75, 3.05) is 0 Å². The van der Waals surface area contributed by atoms with Crippen molar-refractivity contribution >= 4 is 37.5 Å². The third-order valence-corrected chi connectivity index (χ3v) is 1.76. The molecule has 0 aromatic heterocycles. The van der Waals surface area contributed by atoms with Crippen molar-refractivity contribution in [3.05, 3.63) is 0 Å². The minimum atomic E-state index is -0.303. The van der Waals surface area contributed by atoms with Crippen LogP contribution in [0, 0.1) is 0 Å². The zero-order valence-electron chi connectivity index (χ0n) is 7.43. The number of hydrogen-bond acceptors (Lipinski definition) is 3. The van der Waals surface area contributed by atoms with Crippen LogP contribution in [0.25, 0.3) is 0 Å². The molecule has 0 aliphatic rings. The third-order valence-electron chi connectivity index (χ3n) is 1.27. The van der Waals surface area contributed by atoms with E-state index in [2.05, 4.69) is 30.2 Å². The van der Waals surface area contributed by atoms with Gasteiger partial charge in [-0.25, -0.2) is 9.79 Å². The summed E-state index contributed by atoms with van der Waals surface area (Å²) in [6, 6.07) is -0.303. The predicted molar refractivity (Wildman–Crippen MR) is 58.3 cm³/mol. The topological polar surface area (TPSA) is 32.7 Å². The van der Waals surface area contributed by atoms with Crippen molar-refractivity contribution < 1.29 is 4.79 Å². The Kier molecular flexibility index (Phi) is 5.41. The molecule has 3 nitrogen and oxygen atoms in total. The van der Waals surface area contributed by atoms with Gasteiger partial charge in [-0.3, -0.25) is 0 Å². The Bertz CT molecular complexity index is 172. The molecular weight excluding hydrogens is 192 g/mol. The summed E-state index contributed by atoms with van der Waals surface area (Å²) in [5, 5.41) is -0.345. The first-order valence-electron chi connectivity index (χ1n) is 3.67. The van der Waals surface area contributed by atoms with Gasteiger partial charge in [0.05, 0.1) is 10.7 Å². The molecule has 0 radical (unpaired) electrons. The lowest BCUT2D eigenvalue weighted by Crippen LogP contribution is -2.38. The molecular formula is C7H14N2OS2. The highest BCUT2D eigenvalue weighted by molar-refractivity contribution is 7.81. The van der Waals surface area contributed by atoms with Crippen molar-refractivity contribution in [1.82, 2.24) is 4.90 Å². The van der Waals surface area contributed by atoms with Crippen molar-refractivity contribution in [3.63, 3.8) is 0 Å². The first kappa shape index (κ1) is 11.8. The Morgan fingerprint density at radius 1 is 1.42 bits per heavy atom. The summed E-state index contributed by atoms with van der Waals surface area (Å²) < 4.78 is 0. The molecule has 0 spiro atoms. The summed E-state index contributed by atoms with van der Waals surface area (Å²) in [7, 11) is 0. The number of nitrogens with zero attached hydrogens (tertiary/aromatic N) is 2. The number of thiol groups is 2. The second kappa shape index (κ2) is 5.48. The zero-order chi connectivity index (χ0) is 9.72. The number of rotatable bonds is 2. The molecule has 0 heterocycles. The molecule has 0 bridgehead atoms. The summed E-state index contributed by atoms with van der Waals surface area (Å²) in [4.78, 5) is 16.4. The predicted octanol–water partition coefficient (Wildman–Crippen LogP) is 2.05. The molecule has 2 amide bonds. The normalized spacial score (nSPS) is 16.1. The average Bonchev–Trinajstić information content (AvgIpc) is 1.85. The van der Waals surface area contributed by atoms with Gasteiger partial charge in [0.15, 0.2) is 0 Å². The number of carbonyl (C=O) groups excluding carboxylic acids is 1. The summed E-state index contributed by atoms with van der Waals surface area (Å²) in [5.41, 5.74) is 0. The van der Waals surface area contributed by atoms with E-state index in [4.69, 9.17) is 0 Å². The van der Waals surface area contributed by atoms with Crippen LogP contribution in [0.5, 0.6) is 0 Å². The summed E-state index contributed by atoms with van der Waals surface area (Å²) >= 11 is 8.29. The van der Waals surface area contributed by atoms with Gasteiger partial charge in [-0.15, -0.1) is 0 Å². The average molecular weight is 206 g/mol. The molecule has 0 rings (SSSR count). The van der Waals surface area contributed by atoms with Gasteiger partial charge in [-0.1, -0.05) is 0 Å². The van der Waals surface area contributed by atoms with E-state index in [0.717, 1.165) is 0 Å². The smallest absolute Gasteiger partial charge is 0.300 e. The van der Waals surface area contributed by atoms with Crippen LogP contribution >= 0.6 is 25.3 Å². The van der Waals surface area contributed by atoms with E-state index >= 15 is 0 Å². The number of carbonyl (C=O) groups is 1. The van der Waals surface area contributed by atoms with E-state index < -0.39 is 0 Å². The number of amides is 2. The quantitative estimate of drug-likeness (QED) is 0.404. The van der Waals surface area contributed by atoms with E-state index in [1.54, 1.807) is 20.8 Å². The maximum absolute atomic E-state index is 11.3. The standard InChI is InChI=1S/C7H14N2OS2/c1-4-8-7(10)9(5(2)11)6(3)12/h4-6,11-12H,1-3H3. The lowest BCUT2D eigenvalue weighted by molar-refractivity contribution is 0.205. The molecule has 12 heavy (non-hydrogen) atoms. The molecule has 0 aromatic rings. The number of urea groups is 1. The van der Waals surface area contributed by atoms with Crippen LogP contribution in [0.2, 0.25) is 0 Å².